The number of ether oxygens (including phenoxy) is 1. The van der Waals surface area contributed by atoms with Gasteiger partial charge in [-0.2, -0.15) is 0 Å². The molecular weight excluding hydrogens is 234 g/mol. The number of carbonyl (C=O) groups is 2. The first kappa shape index (κ1) is 13.3. The largest absolute Gasteiger partial charge is 0.481 e. The van der Waals surface area contributed by atoms with Crippen molar-refractivity contribution in [3.05, 3.63) is 0 Å². The Morgan fingerprint density at radius 2 is 1.89 bits per heavy atom. The lowest BCUT2D eigenvalue weighted by Crippen LogP contribution is -2.57. The van der Waals surface area contributed by atoms with Crippen LogP contribution in [0.15, 0.2) is 0 Å². The fourth-order valence-corrected chi connectivity index (χ4v) is 2.95. The first-order valence-electron chi connectivity index (χ1n) is 6.49. The van der Waals surface area contributed by atoms with E-state index >= 15 is 0 Å². The molecule has 3 unspecified atom stereocenters. The van der Waals surface area contributed by atoms with Gasteiger partial charge in [0.25, 0.3) is 0 Å². The number of hydrogen-bond acceptors (Lipinski definition) is 3. The first-order chi connectivity index (χ1) is 8.30. The Balaban J connectivity index is 2.03. The molecule has 1 amide bonds. The first-order valence-corrected chi connectivity index (χ1v) is 6.49. The molecule has 2 fully saturated rings. The van der Waals surface area contributed by atoms with Gasteiger partial charge in [0.2, 0.25) is 5.91 Å². The Labute approximate surface area is 107 Å². The van der Waals surface area contributed by atoms with E-state index in [2.05, 4.69) is 0 Å². The minimum Gasteiger partial charge on any atom is -0.481 e. The van der Waals surface area contributed by atoms with Crippen LogP contribution in [-0.2, 0) is 14.3 Å². The third-order valence-electron chi connectivity index (χ3n) is 3.79. The Morgan fingerprint density at radius 3 is 2.33 bits per heavy atom. The minimum atomic E-state index is -0.847. The molecule has 0 bridgehead atoms. The van der Waals surface area contributed by atoms with Crippen molar-refractivity contribution in [2.24, 2.45) is 11.8 Å². The number of carboxylic acids is 1. The van der Waals surface area contributed by atoms with Crippen molar-refractivity contribution >= 4 is 11.9 Å². The summed E-state index contributed by atoms with van der Waals surface area (Å²) in [4.78, 5) is 25.1. The van der Waals surface area contributed by atoms with Crippen LogP contribution in [0, 0.1) is 11.8 Å². The molecule has 1 aliphatic carbocycles. The fraction of sp³-hybridized carbons (Fsp3) is 0.846. The molecule has 18 heavy (non-hydrogen) atoms. The molecular formula is C13H21NO4. The summed E-state index contributed by atoms with van der Waals surface area (Å²) in [5.74, 6) is -1.68. The van der Waals surface area contributed by atoms with Gasteiger partial charge in [-0.1, -0.05) is 0 Å². The van der Waals surface area contributed by atoms with Crippen LogP contribution < -0.4 is 0 Å². The summed E-state index contributed by atoms with van der Waals surface area (Å²) in [5.41, 5.74) is -0.351. The second kappa shape index (κ2) is 4.53. The summed E-state index contributed by atoms with van der Waals surface area (Å²) < 4.78 is 5.75. The Bertz CT molecular complexity index is 366. The Kier molecular flexibility index (Phi) is 3.36. The monoisotopic (exact) mass is 255 g/mol. The summed E-state index contributed by atoms with van der Waals surface area (Å²) in [6, 6.07) is 0. The third-order valence-corrected chi connectivity index (χ3v) is 3.79. The number of rotatable bonds is 2. The summed E-state index contributed by atoms with van der Waals surface area (Å²) in [6.07, 6.45) is 1.32. The lowest BCUT2D eigenvalue weighted by Gasteiger charge is -2.44. The minimum absolute atomic E-state index is 0.000976. The molecule has 0 radical (unpaired) electrons. The lowest BCUT2D eigenvalue weighted by atomic mass is 9.72. The smallest absolute Gasteiger partial charge is 0.307 e. The van der Waals surface area contributed by atoms with Crippen molar-refractivity contribution in [1.29, 1.82) is 0 Å². The molecule has 1 saturated carbocycles. The zero-order chi connectivity index (χ0) is 13.5. The molecule has 5 heteroatoms. The maximum atomic E-state index is 12.3. The fourth-order valence-electron chi connectivity index (χ4n) is 2.95. The van der Waals surface area contributed by atoms with Crippen molar-refractivity contribution in [1.82, 2.24) is 4.90 Å². The molecule has 1 saturated heterocycles. The van der Waals surface area contributed by atoms with Crippen LogP contribution >= 0.6 is 0 Å². The SMILES string of the molecule is CC1CN(C(=O)C2CCC2C(=O)O)CC(C)(C)O1. The quantitative estimate of drug-likeness (QED) is 0.803. The van der Waals surface area contributed by atoms with Crippen molar-refractivity contribution in [3.63, 3.8) is 0 Å². The number of aliphatic carboxylic acids is 1. The van der Waals surface area contributed by atoms with Gasteiger partial charge < -0.3 is 14.7 Å². The lowest BCUT2D eigenvalue weighted by molar-refractivity contribution is -0.170. The van der Waals surface area contributed by atoms with E-state index in [0.717, 1.165) is 0 Å². The average molecular weight is 255 g/mol. The molecule has 1 heterocycles. The molecule has 2 rings (SSSR count). The standard InChI is InChI=1S/C13H21NO4/c1-8-6-14(7-13(2,3)18-8)11(15)9-4-5-10(9)12(16)17/h8-10H,4-7H2,1-3H3,(H,16,17). The van der Waals surface area contributed by atoms with Gasteiger partial charge in [-0.25, -0.2) is 0 Å². The van der Waals surface area contributed by atoms with Crippen molar-refractivity contribution in [2.75, 3.05) is 13.1 Å². The molecule has 1 N–H and O–H groups in total. The Morgan fingerprint density at radius 1 is 1.28 bits per heavy atom. The highest BCUT2D eigenvalue weighted by molar-refractivity contribution is 5.86. The van der Waals surface area contributed by atoms with Crippen LogP contribution in [0.1, 0.15) is 33.6 Å². The van der Waals surface area contributed by atoms with Gasteiger partial charge in [-0.15, -0.1) is 0 Å². The number of amides is 1. The Hall–Kier alpha value is -1.10. The van der Waals surface area contributed by atoms with E-state index in [9.17, 15) is 9.59 Å². The highest BCUT2D eigenvalue weighted by atomic mass is 16.5. The molecule has 5 nitrogen and oxygen atoms in total. The van der Waals surface area contributed by atoms with Gasteiger partial charge in [0.15, 0.2) is 0 Å². The third kappa shape index (κ3) is 2.51. The van der Waals surface area contributed by atoms with E-state index in [0.29, 0.717) is 25.9 Å². The number of hydrogen-bond donors (Lipinski definition) is 1. The number of morpholine rings is 1. The van der Waals surface area contributed by atoms with Gasteiger partial charge in [-0.3, -0.25) is 9.59 Å². The molecule has 102 valence electrons. The van der Waals surface area contributed by atoms with Crippen LogP contribution in [0.2, 0.25) is 0 Å². The van der Waals surface area contributed by atoms with E-state index in [1.54, 1.807) is 4.90 Å². The van der Waals surface area contributed by atoms with Gasteiger partial charge in [0.1, 0.15) is 0 Å². The zero-order valence-electron chi connectivity index (χ0n) is 11.2. The second-order valence-corrected chi connectivity index (χ2v) is 6.04. The molecule has 0 aromatic heterocycles. The predicted octanol–water partition coefficient (Wildman–Crippen LogP) is 1.12. The second-order valence-electron chi connectivity index (χ2n) is 6.04. The highest BCUT2D eigenvalue weighted by Gasteiger charge is 2.45. The van der Waals surface area contributed by atoms with Crippen LogP contribution in [0.4, 0.5) is 0 Å². The topological polar surface area (TPSA) is 66.8 Å². The molecule has 0 spiro atoms. The summed E-state index contributed by atoms with van der Waals surface area (Å²) >= 11 is 0. The normalized spacial score (nSPS) is 34.8. The molecule has 1 aliphatic heterocycles. The van der Waals surface area contributed by atoms with Crippen LogP contribution in [0.3, 0.4) is 0 Å². The van der Waals surface area contributed by atoms with E-state index in [1.165, 1.54) is 0 Å². The number of carbonyl (C=O) groups excluding carboxylic acids is 1. The van der Waals surface area contributed by atoms with Crippen LogP contribution in [0.25, 0.3) is 0 Å². The molecule has 0 aromatic rings. The van der Waals surface area contributed by atoms with Gasteiger partial charge >= 0.3 is 5.97 Å². The van der Waals surface area contributed by atoms with Gasteiger partial charge in [0.05, 0.1) is 23.5 Å². The zero-order valence-corrected chi connectivity index (χ0v) is 11.2. The van der Waals surface area contributed by atoms with Crippen molar-refractivity contribution in [3.8, 4) is 0 Å². The van der Waals surface area contributed by atoms with Gasteiger partial charge in [-0.05, 0) is 33.6 Å². The van der Waals surface area contributed by atoms with Crippen LogP contribution in [0.5, 0.6) is 0 Å². The predicted molar refractivity (Wildman–Crippen MR) is 65.1 cm³/mol. The van der Waals surface area contributed by atoms with E-state index in [4.69, 9.17) is 9.84 Å². The van der Waals surface area contributed by atoms with E-state index in [1.807, 2.05) is 20.8 Å². The maximum Gasteiger partial charge on any atom is 0.307 e. The molecule has 3 atom stereocenters. The summed E-state index contributed by atoms with van der Waals surface area (Å²) in [5, 5.41) is 9.01. The molecule has 0 aromatic carbocycles. The number of nitrogens with zero attached hydrogens (tertiary/aromatic N) is 1. The molecule has 2 aliphatic rings. The van der Waals surface area contributed by atoms with Gasteiger partial charge in [0, 0.05) is 13.1 Å². The average Bonchev–Trinajstić information content (AvgIpc) is 2.11. The maximum absolute atomic E-state index is 12.3. The summed E-state index contributed by atoms with van der Waals surface area (Å²) in [6.45, 7) is 6.96. The van der Waals surface area contributed by atoms with E-state index in [-0.39, 0.29) is 23.5 Å². The van der Waals surface area contributed by atoms with Crippen LogP contribution in [-0.4, -0.2) is 46.7 Å². The summed E-state index contributed by atoms with van der Waals surface area (Å²) in [7, 11) is 0. The highest BCUT2D eigenvalue weighted by Crippen LogP contribution is 2.37. The van der Waals surface area contributed by atoms with E-state index < -0.39 is 11.9 Å². The van der Waals surface area contributed by atoms with Crippen molar-refractivity contribution < 1.29 is 19.4 Å². The number of carboxylic acid groups (broad SMARTS) is 1. The van der Waals surface area contributed by atoms with Crippen molar-refractivity contribution in [2.45, 2.75) is 45.3 Å².